The Bertz CT molecular complexity index is 366. The Morgan fingerprint density at radius 3 is 2.62 bits per heavy atom. The van der Waals surface area contributed by atoms with Crippen molar-refractivity contribution >= 4 is 21.6 Å². The second kappa shape index (κ2) is 5.01. The van der Waals surface area contributed by atoms with Crippen LogP contribution in [0.1, 0.15) is 13.8 Å². The molecule has 0 bridgehead atoms. The molecule has 0 aliphatic carbocycles. The average molecular weight is 288 g/mol. The summed E-state index contributed by atoms with van der Waals surface area (Å²) in [6.45, 7) is 4.74. The van der Waals surface area contributed by atoms with Gasteiger partial charge in [-0.3, -0.25) is 0 Å². The lowest BCUT2D eigenvalue weighted by Crippen LogP contribution is -2.43. The number of hydrogen-bond acceptors (Lipinski definition) is 4. The van der Waals surface area contributed by atoms with E-state index in [4.69, 9.17) is 10.5 Å². The predicted octanol–water partition coefficient (Wildman–Crippen LogP) is 2.15. The number of nitrogens with zero attached hydrogens (tertiary/aromatic N) is 2. The van der Waals surface area contributed by atoms with E-state index in [9.17, 15) is 0 Å². The van der Waals surface area contributed by atoms with Crippen molar-refractivity contribution in [2.45, 2.75) is 19.4 Å². The highest BCUT2D eigenvalue weighted by molar-refractivity contribution is 9.10. The second-order valence-electron chi connectivity index (χ2n) is 4.54. The molecule has 0 aromatic carbocycles. The third-order valence-corrected chi connectivity index (χ3v) is 3.05. The first-order valence-corrected chi connectivity index (χ1v) is 5.83. The molecule has 0 aliphatic rings. The van der Waals surface area contributed by atoms with Crippen molar-refractivity contribution in [3.63, 3.8) is 0 Å². The number of hydrogen-bond donors (Lipinski definition) is 1. The molecule has 0 unspecified atom stereocenters. The molecule has 1 aromatic heterocycles. The van der Waals surface area contributed by atoms with Crippen molar-refractivity contribution in [3.05, 3.63) is 16.7 Å². The fourth-order valence-electron chi connectivity index (χ4n) is 0.937. The lowest BCUT2D eigenvalue weighted by Gasteiger charge is -2.32. The zero-order chi connectivity index (χ0) is 12.3. The van der Waals surface area contributed by atoms with Gasteiger partial charge in [0, 0.05) is 16.2 Å². The van der Waals surface area contributed by atoms with E-state index in [2.05, 4.69) is 39.7 Å². The van der Waals surface area contributed by atoms with Gasteiger partial charge in [0.15, 0.2) is 0 Å². The van der Waals surface area contributed by atoms with E-state index >= 15 is 0 Å². The molecule has 0 amide bonds. The van der Waals surface area contributed by atoms with E-state index in [0.29, 0.717) is 18.2 Å². The fourth-order valence-corrected chi connectivity index (χ4v) is 1.29. The van der Waals surface area contributed by atoms with E-state index < -0.39 is 0 Å². The number of rotatable bonds is 4. The van der Waals surface area contributed by atoms with Crippen LogP contribution in [-0.4, -0.2) is 36.1 Å². The second-order valence-corrected chi connectivity index (χ2v) is 5.46. The molecular formula is C11H18BrN3O. The Morgan fingerprint density at radius 2 is 2.12 bits per heavy atom. The van der Waals surface area contributed by atoms with Gasteiger partial charge in [-0.2, -0.15) is 0 Å². The highest BCUT2D eigenvalue weighted by Crippen LogP contribution is 2.23. The van der Waals surface area contributed by atoms with Gasteiger partial charge in [-0.1, -0.05) is 0 Å². The molecule has 1 aromatic rings. The van der Waals surface area contributed by atoms with Gasteiger partial charge in [0.05, 0.1) is 5.69 Å². The van der Waals surface area contributed by atoms with Gasteiger partial charge in [-0.05, 0) is 49.9 Å². The van der Waals surface area contributed by atoms with Gasteiger partial charge in [0.25, 0.3) is 0 Å². The number of ether oxygens (including phenoxy) is 1. The summed E-state index contributed by atoms with van der Waals surface area (Å²) in [5, 5.41) is 0. The van der Waals surface area contributed by atoms with Crippen LogP contribution in [0.25, 0.3) is 0 Å². The molecule has 1 heterocycles. The predicted molar refractivity (Wildman–Crippen MR) is 69.6 cm³/mol. The van der Waals surface area contributed by atoms with Crippen LogP contribution >= 0.6 is 15.9 Å². The lowest BCUT2D eigenvalue weighted by atomic mass is 10.1. The maximum atomic E-state index is 5.80. The number of aromatic nitrogens is 1. The summed E-state index contributed by atoms with van der Waals surface area (Å²) < 4.78 is 6.47. The Kier molecular flexibility index (Phi) is 4.15. The maximum absolute atomic E-state index is 5.80. The van der Waals surface area contributed by atoms with Crippen molar-refractivity contribution in [3.8, 4) is 5.88 Å². The molecule has 0 spiro atoms. The third-order valence-electron chi connectivity index (χ3n) is 2.62. The van der Waals surface area contributed by atoms with Crippen LogP contribution in [0, 0.1) is 0 Å². The smallest absolute Gasteiger partial charge is 0.237 e. The molecule has 0 saturated carbocycles. The topological polar surface area (TPSA) is 51.4 Å². The van der Waals surface area contributed by atoms with E-state index in [-0.39, 0.29) is 5.54 Å². The molecule has 5 heteroatoms. The van der Waals surface area contributed by atoms with Gasteiger partial charge in [0.1, 0.15) is 6.61 Å². The van der Waals surface area contributed by atoms with E-state index in [1.807, 2.05) is 14.1 Å². The highest BCUT2D eigenvalue weighted by Gasteiger charge is 2.22. The van der Waals surface area contributed by atoms with Crippen LogP contribution in [0.5, 0.6) is 5.88 Å². The fraction of sp³-hybridized carbons (Fsp3) is 0.545. The van der Waals surface area contributed by atoms with Gasteiger partial charge in [-0.25, -0.2) is 4.98 Å². The summed E-state index contributed by atoms with van der Waals surface area (Å²) in [6.07, 6.45) is 1.67. The Hall–Kier alpha value is -0.810. The summed E-state index contributed by atoms with van der Waals surface area (Å²) in [6, 6.07) is 1.78. The third kappa shape index (κ3) is 3.35. The maximum Gasteiger partial charge on any atom is 0.237 e. The minimum atomic E-state index is -0.0544. The number of halogens is 1. The molecule has 4 nitrogen and oxygen atoms in total. The van der Waals surface area contributed by atoms with E-state index in [1.54, 1.807) is 12.3 Å². The van der Waals surface area contributed by atoms with Gasteiger partial charge >= 0.3 is 0 Å². The molecule has 90 valence electrons. The largest absolute Gasteiger partial charge is 0.474 e. The molecule has 2 N–H and O–H groups in total. The first-order chi connectivity index (χ1) is 7.33. The average Bonchev–Trinajstić information content (AvgIpc) is 2.16. The number of likely N-dealkylation sites (N-methyl/N-ethyl adjacent to an activating group) is 1. The standard InChI is InChI=1S/C11H18BrN3O/c1-11(2,15(3)4)7-16-10-9(13)5-8(12)6-14-10/h5-6H,7,13H2,1-4H3. The van der Waals surface area contributed by atoms with Crippen LogP contribution in [-0.2, 0) is 0 Å². The lowest BCUT2D eigenvalue weighted by molar-refractivity contribution is 0.111. The Labute approximate surface area is 105 Å². The van der Waals surface area contributed by atoms with Gasteiger partial charge in [-0.15, -0.1) is 0 Å². The van der Waals surface area contributed by atoms with Crippen LogP contribution in [0.2, 0.25) is 0 Å². The van der Waals surface area contributed by atoms with Gasteiger partial charge in [0.2, 0.25) is 5.88 Å². The number of pyridine rings is 1. The van der Waals surface area contributed by atoms with Crippen LogP contribution in [0.15, 0.2) is 16.7 Å². The minimum absolute atomic E-state index is 0.0544. The zero-order valence-electron chi connectivity index (χ0n) is 10.1. The molecule has 16 heavy (non-hydrogen) atoms. The summed E-state index contributed by atoms with van der Waals surface area (Å²) in [5.41, 5.74) is 6.29. The SMILES string of the molecule is CN(C)C(C)(C)COc1ncc(Br)cc1N. The normalized spacial score (nSPS) is 11.9. The van der Waals surface area contributed by atoms with Crippen molar-refractivity contribution in [1.82, 2.24) is 9.88 Å². The van der Waals surface area contributed by atoms with Gasteiger partial charge < -0.3 is 15.4 Å². The first kappa shape index (κ1) is 13.3. The van der Waals surface area contributed by atoms with E-state index in [1.165, 1.54) is 0 Å². The monoisotopic (exact) mass is 287 g/mol. The molecule has 0 atom stereocenters. The molecule has 1 rings (SSSR count). The van der Waals surface area contributed by atoms with Crippen molar-refractivity contribution in [2.75, 3.05) is 26.4 Å². The Morgan fingerprint density at radius 1 is 1.50 bits per heavy atom. The zero-order valence-corrected chi connectivity index (χ0v) is 11.7. The number of nitrogen functional groups attached to an aromatic ring is 1. The van der Waals surface area contributed by atoms with Crippen molar-refractivity contribution in [1.29, 1.82) is 0 Å². The molecule has 0 fully saturated rings. The number of anilines is 1. The Balaban J connectivity index is 2.68. The van der Waals surface area contributed by atoms with Crippen LogP contribution < -0.4 is 10.5 Å². The highest BCUT2D eigenvalue weighted by atomic mass is 79.9. The quantitative estimate of drug-likeness (QED) is 0.922. The summed E-state index contributed by atoms with van der Waals surface area (Å²) in [4.78, 5) is 6.23. The summed E-state index contributed by atoms with van der Waals surface area (Å²) in [7, 11) is 4.03. The van der Waals surface area contributed by atoms with Crippen LogP contribution in [0.4, 0.5) is 5.69 Å². The van der Waals surface area contributed by atoms with E-state index in [0.717, 1.165) is 4.47 Å². The summed E-state index contributed by atoms with van der Waals surface area (Å²) in [5.74, 6) is 0.484. The minimum Gasteiger partial charge on any atom is -0.474 e. The molecular weight excluding hydrogens is 270 g/mol. The van der Waals surface area contributed by atoms with Crippen molar-refractivity contribution < 1.29 is 4.74 Å². The molecule has 0 radical (unpaired) electrons. The van der Waals surface area contributed by atoms with Crippen molar-refractivity contribution in [2.24, 2.45) is 0 Å². The first-order valence-electron chi connectivity index (χ1n) is 5.04. The summed E-state index contributed by atoms with van der Waals surface area (Å²) >= 11 is 3.30. The number of nitrogens with two attached hydrogens (primary N) is 1. The molecule has 0 aliphatic heterocycles. The van der Waals surface area contributed by atoms with Crippen LogP contribution in [0.3, 0.4) is 0 Å². The molecule has 0 saturated heterocycles.